The van der Waals surface area contributed by atoms with Gasteiger partial charge in [-0.15, -0.1) is 0 Å². The third-order valence-corrected chi connectivity index (χ3v) is 5.31. The molecule has 1 unspecified atom stereocenters. The molecule has 0 aromatic carbocycles. The normalized spacial score (nSPS) is 28.2. The van der Waals surface area contributed by atoms with Crippen molar-refractivity contribution in [1.29, 1.82) is 0 Å². The van der Waals surface area contributed by atoms with Gasteiger partial charge in [0, 0.05) is 13.1 Å². The molecule has 1 heterocycles. The highest BCUT2D eigenvalue weighted by molar-refractivity contribution is 5.84. The van der Waals surface area contributed by atoms with Crippen LogP contribution in [0.5, 0.6) is 0 Å². The molecule has 1 aliphatic heterocycles. The number of carbonyl (C=O) groups excluding carboxylic acids is 1. The third-order valence-electron chi connectivity index (χ3n) is 5.31. The Morgan fingerprint density at radius 1 is 1.14 bits per heavy atom. The molecular weight excluding hydrogens is 268 g/mol. The van der Waals surface area contributed by atoms with Crippen LogP contribution in [0.15, 0.2) is 0 Å². The van der Waals surface area contributed by atoms with Gasteiger partial charge in [-0.05, 0) is 32.2 Å². The van der Waals surface area contributed by atoms with E-state index in [-0.39, 0.29) is 17.9 Å². The van der Waals surface area contributed by atoms with Gasteiger partial charge in [-0.25, -0.2) is 0 Å². The summed E-state index contributed by atoms with van der Waals surface area (Å²) in [6.45, 7) is 3.96. The molecule has 0 radical (unpaired) electrons. The van der Waals surface area contributed by atoms with Crippen LogP contribution in [0.1, 0.15) is 58.3 Å². The van der Waals surface area contributed by atoms with Crippen LogP contribution in [0.4, 0.5) is 0 Å². The zero-order chi connectivity index (χ0) is 15.3. The molecule has 1 saturated heterocycles. The van der Waals surface area contributed by atoms with E-state index in [4.69, 9.17) is 0 Å². The van der Waals surface area contributed by atoms with Crippen molar-refractivity contribution in [3.05, 3.63) is 0 Å². The number of nitrogens with one attached hydrogen (secondary N) is 2. The van der Waals surface area contributed by atoms with Crippen molar-refractivity contribution < 1.29 is 14.7 Å². The van der Waals surface area contributed by atoms with Crippen LogP contribution in [-0.2, 0) is 9.59 Å². The monoisotopic (exact) mass is 296 g/mol. The lowest BCUT2D eigenvalue weighted by Crippen LogP contribution is -2.49. The second-order valence-corrected chi connectivity index (χ2v) is 6.79. The van der Waals surface area contributed by atoms with Crippen LogP contribution < -0.4 is 10.6 Å². The van der Waals surface area contributed by atoms with E-state index in [0.717, 1.165) is 45.1 Å². The Morgan fingerprint density at radius 2 is 1.86 bits per heavy atom. The van der Waals surface area contributed by atoms with Gasteiger partial charge < -0.3 is 15.7 Å². The van der Waals surface area contributed by atoms with Gasteiger partial charge in [0.2, 0.25) is 5.91 Å². The Morgan fingerprint density at radius 3 is 2.38 bits per heavy atom. The number of aliphatic carboxylic acids is 1. The molecule has 0 bridgehead atoms. The minimum Gasteiger partial charge on any atom is -0.481 e. The molecule has 120 valence electrons. The Kier molecular flexibility index (Phi) is 5.25. The highest BCUT2D eigenvalue weighted by Crippen LogP contribution is 2.37. The van der Waals surface area contributed by atoms with Crippen LogP contribution in [-0.4, -0.2) is 36.6 Å². The van der Waals surface area contributed by atoms with Crippen LogP contribution in [0.25, 0.3) is 0 Å². The smallest absolute Gasteiger partial charge is 0.311 e. The summed E-state index contributed by atoms with van der Waals surface area (Å²) < 4.78 is 0. The van der Waals surface area contributed by atoms with Crippen LogP contribution >= 0.6 is 0 Å². The van der Waals surface area contributed by atoms with Crippen LogP contribution in [0.3, 0.4) is 0 Å². The number of hydrogen-bond acceptors (Lipinski definition) is 3. The van der Waals surface area contributed by atoms with E-state index >= 15 is 0 Å². The van der Waals surface area contributed by atoms with E-state index in [9.17, 15) is 14.7 Å². The predicted molar refractivity (Wildman–Crippen MR) is 81.0 cm³/mol. The Hall–Kier alpha value is -1.10. The van der Waals surface area contributed by atoms with Crippen molar-refractivity contribution in [3.8, 4) is 0 Å². The molecule has 1 aliphatic carbocycles. The first kappa shape index (κ1) is 16.3. The first-order valence-electron chi connectivity index (χ1n) is 8.27. The quantitative estimate of drug-likeness (QED) is 0.699. The summed E-state index contributed by atoms with van der Waals surface area (Å²) in [5, 5.41) is 15.8. The lowest BCUT2D eigenvalue weighted by molar-refractivity contribution is -0.151. The van der Waals surface area contributed by atoms with Gasteiger partial charge in [-0.1, -0.05) is 32.6 Å². The van der Waals surface area contributed by atoms with Gasteiger partial charge in [-0.3, -0.25) is 9.59 Å². The molecule has 1 amide bonds. The first-order chi connectivity index (χ1) is 10.0. The van der Waals surface area contributed by atoms with E-state index in [2.05, 4.69) is 17.6 Å². The average Bonchev–Trinajstić information content (AvgIpc) is 2.96. The fourth-order valence-corrected chi connectivity index (χ4v) is 3.87. The van der Waals surface area contributed by atoms with Gasteiger partial charge in [0.25, 0.3) is 0 Å². The van der Waals surface area contributed by atoms with Crippen LogP contribution in [0, 0.1) is 10.8 Å². The number of amides is 1. The molecule has 21 heavy (non-hydrogen) atoms. The van der Waals surface area contributed by atoms with Gasteiger partial charge in [0.15, 0.2) is 0 Å². The number of carboxylic acid groups (broad SMARTS) is 1. The minimum absolute atomic E-state index is 0.0422. The molecular formula is C16H28N2O3. The number of carboxylic acids is 1. The topological polar surface area (TPSA) is 78.4 Å². The summed E-state index contributed by atoms with van der Waals surface area (Å²) in [5.74, 6) is -0.711. The van der Waals surface area contributed by atoms with Gasteiger partial charge in [-0.2, -0.15) is 0 Å². The zero-order valence-electron chi connectivity index (χ0n) is 13.0. The Balaban J connectivity index is 1.99. The average molecular weight is 296 g/mol. The maximum atomic E-state index is 12.6. The predicted octanol–water partition coefficient (Wildman–Crippen LogP) is 1.92. The summed E-state index contributed by atoms with van der Waals surface area (Å²) in [6, 6.07) is 0. The van der Waals surface area contributed by atoms with Gasteiger partial charge >= 0.3 is 5.97 Å². The van der Waals surface area contributed by atoms with Crippen molar-refractivity contribution in [1.82, 2.24) is 10.6 Å². The van der Waals surface area contributed by atoms with E-state index in [1.807, 2.05) is 0 Å². The van der Waals surface area contributed by atoms with Crippen molar-refractivity contribution >= 4 is 11.9 Å². The maximum Gasteiger partial charge on any atom is 0.311 e. The number of carbonyl (C=O) groups is 2. The molecule has 1 atom stereocenters. The Bertz CT molecular complexity index is 383. The van der Waals surface area contributed by atoms with E-state index in [1.54, 1.807) is 0 Å². The third kappa shape index (κ3) is 3.39. The molecule has 5 heteroatoms. The molecule has 3 N–H and O–H groups in total. The van der Waals surface area contributed by atoms with Crippen molar-refractivity contribution in [2.45, 2.75) is 58.3 Å². The molecule has 0 aromatic rings. The number of rotatable bonds is 6. The molecule has 2 fully saturated rings. The molecule has 0 spiro atoms. The van der Waals surface area contributed by atoms with E-state index in [1.165, 1.54) is 0 Å². The largest absolute Gasteiger partial charge is 0.481 e. The minimum atomic E-state index is -0.753. The highest BCUT2D eigenvalue weighted by atomic mass is 16.4. The zero-order valence-corrected chi connectivity index (χ0v) is 13.0. The van der Waals surface area contributed by atoms with E-state index < -0.39 is 11.4 Å². The lowest BCUT2D eigenvalue weighted by atomic mass is 9.73. The maximum absolute atomic E-state index is 12.6. The fourth-order valence-electron chi connectivity index (χ4n) is 3.87. The fraction of sp³-hybridized carbons (Fsp3) is 0.875. The summed E-state index contributed by atoms with van der Waals surface area (Å²) in [7, 11) is 0. The van der Waals surface area contributed by atoms with Crippen molar-refractivity contribution in [2.75, 3.05) is 19.6 Å². The summed E-state index contributed by atoms with van der Waals surface area (Å²) >= 11 is 0. The van der Waals surface area contributed by atoms with Crippen molar-refractivity contribution in [2.24, 2.45) is 10.8 Å². The van der Waals surface area contributed by atoms with Crippen molar-refractivity contribution in [3.63, 3.8) is 0 Å². The van der Waals surface area contributed by atoms with Gasteiger partial charge in [0.1, 0.15) is 0 Å². The SMILES string of the molecule is CCCC1(C(=O)NCC2(C(=O)O)CCCCC2)CCNC1. The molecule has 2 rings (SSSR count). The summed E-state index contributed by atoms with van der Waals surface area (Å²) in [6.07, 6.45) is 7.06. The van der Waals surface area contributed by atoms with Crippen LogP contribution in [0.2, 0.25) is 0 Å². The molecule has 5 nitrogen and oxygen atoms in total. The Labute approximate surface area is 126 Å². The lowest BCUT2D eigenvalue weighted by Gasteiger charge is -2.35. The second-order valence-electron chi connectivity index (χ2n) is 6.79. The number of hydrogen-bond donors (Lipinski definition) is 3. The van der Waals surface area contributed by atoms with E-state index in [0.29, 0.717) is 19.4 Å². The first-order valence-corrected chi connectivity index (χ1v) is 8.27. The highest BCUT2D eigenvalue weighted by Gasteiger charge is 2.44. The summed E-state index contributed by atoms with van der Waals surface area (Å²) in [5.41, 5.74) is -1.07. The second kappa shape index (κ2) is 6.77. The van der Waals surface area contributed by atoms with Gasteiger partial charge in [0.05, 0.1) is 10.8 Å². The summed E-state index contributed by atoms with van der Waals surface area (Å²) in [4.78, 5) is 24.3. The molecule has 0 aromatic heterocycles. The molecule has 1 saturated carbocycles. The molecule has 2 aliphatic rings. The standard InChI is InChI=1S/C16H28N2O3/c1-2-6-15(9-10-17-11-15)13(19)18-12-16(14(20)21)7-4-3-5-8-16/h17H,2-12H2,1H3,(H,18,19)(H,20,21).